The molecule has 0 radical (unpaired) electrons. The van der Waals surface area contributed by atoms with Crippen molar-refractivity contribution in [1.29, 1.82) is 0 Å². The fraction of sp³-hybridized carbons (Fsp3) is 0.462. The first-order valence-corrected chi connectivity index (χ1v) is 6.47. The normalized spacial score (nSPS) is 20.6. The van der Waals surface area contributed by atoms with Gasteiger partial charge in [0.15, 0.2) is 0 Å². The lowest BCUT2D eigenvalue weighted by molar-refractivity contribution is 0.0712. The summed E-state index contributed by atoms with van der Waals surface area (Å²) in [7, 11) is 0. The average Bonchev–Trinajstić information content (AvgIpc) is 3.09. The topological polar surface area (TPSA) is 79.9 Å². The molecule has 1 aliphatic heterocycles. The van der Waals surface area contributed by atoms with Gasteiger partial charge in [0.25, 0.3) is 5.91 Å². The number of aromatic amines is 1. The summed E-state index contributed by atoms with van der Waals surface area (Å²) in [5.74, 6) is -0.104. The van der Waals surface area contributed by atoms with Gasteiger partial charge in [0, 0.05) is 12.2 Å². The Labute approximate surface area is 110 Å². The summed E-state index contributed by atoms with van der Waals surface area (Å²) in [6, 6.07) is 5.28. The number of nitrogens with one attached hydrogen (secondary N) is 2. The molecule has 0 aliphatic carbocycles. The van der Waals surface area contributed by atoms with Crippen molar-refractivity contribution in [2.24, 2.45) is 0 Å². The molecular weight excluding hydrogens is 244 g/mol. The Morgan fingerprint density at radius 1 is 1.47 bits per heavy atom. The average molecular weight is 260 g/mol. The summed E-state index contributed by atoms with van der Waals surface area (Å²) in [4.78, 5) is 12.2. The second-order valence-corrected chi connectivity index (χ2v) is 4.84. The number of aromatic nitrogens is 3. The Balaban J connectivity index is 1.71. The van der Waals surface area contributed by atoms with Crippen molar-refractivity contribution in [1.82, 2.24) is 20.7 Å². The summed E-state index contributed by atoms with van der Waals surface area (Å²) in [5, 5.41) is 13.4. The standard InChI is InChI=1S/C13H16N4O2/c1-8(12-3-2-6-19-12)14-13(18)9-4-5-10-11(7-9)16-17-15-10/h4-5,7-8,12H,2-3,6H2,1H3,(H,14,18)(H,15,16,17). The number of benzene rings is 1. The van der Waals surface area contributed by atoms with Crippen LogP contribution < -0.4 is 5.32 Å². The van der Waals surface area contributed by atoms with Crippen LogP contribution in [-0.4, -0.2) is 40.1 Å². The Hall–Kier alpha value is -1.95. The van der Waals surface area contributed by atoms with Crippen molar-refractivity contribution in [3.63, 3.8) is 0 Å². The van der Waals surface area contributed by atoms with Crippen LogP contribution in [-0.2, 0) is 4.74 Å². The molecule has 6 heteroatoms. The zero-order valence-corrected chi connectivity index (χ0v) is 10.7. The van der Waals surface area contributed by atoms with Crippen molar-refractivity contribution < 1.29 is 9.53 Å². The summed E-state index contributed by atoms with van der Waals surface area (Å²) in [6.45, 7) is 2.76. The Bertz CT molecular complexity index is 589. The van der Waals surface area contributed by atoms with E-state index in [1.54, 1.807) is 18.2 Å². The van der Waals surface area contributed by atoms with E-state index in [1.165, 1.54) is 0 Å². The number of rotatable bonds is 3. The van der Waals surface area contributed by atoms with E-state index in [-0.39, 0.29) is 18.1 Å². The predicted octanol–water partition coefficient (Wildman–Crippen LogP) is 1.26. The van der Waals surface area contributed by atoms with Crippen LogP contribution in [0.25, 0.3) is 11.0 Å². The zero-order chi connectivity index (χ0) is 13.2. The fourth-order valence-electron chi connectivity index (χ4n) is 2.36. The van der Waals surface area contributed by atoms with E-state index < -0.39 is 0 Å². The SMILES string of the molecule is CC(NC(=O)c1ccc2n[nH]nc2c1)C1CCCO1. The minimum Gasteiger partial charge on any atom is -0.376 e. The lowest BCUT2D eigenvalue weighted by atomic mass is 10.1. The second-order valence-electron chi connectivity index (χ2n) is 4.84. The molecule has 0 bridgehead atoms. The van der Waals surface area contributed by atoms with Gasteiger partial charge in [0.2, 0.25) is 0 Å². The first-order chi connectivity index (χ1) is 9.24. The van der Waals surface area contributed by atoms with Crippen LogP contribution in [0.3, 0.4) is 0 Å². The molecule has 1 aromatic heterocycles. The van der Waals surface area contributed by atoms with Gasteiger partial charge < -0.3 is 10.1 Å². The number of carbonyl (C=O) groups excluding carboxylic acids is 1. The van der Waals surface area contributed by atoms with Crippen molar-refractivity contribution in [3.8, 4) is 0 Å². The molecule has 2 unspecified atom stereocenters. The van der Waals surface area contributed by atoms with E-state index in [0.29, 0.717) is 11.1 Å². The quantitative estimate of drug-likeness (QED) is 0.870. The smallest absolute Gasteiger partial charge is 0.251 e. The second kappa shape index (κ2) is 4.97. The Morgan fingerprint density at radius 2 is 2.32 bits per heavy atom. The molecule has 19 heavy (non-hydrogen) atoms. The lowest BCUT2D eigenvalue weighted by Crippen LogP contribution is -2.40. The number of hydrogen-bond donors (Lipinski definition) is 2. The summed E-state index contributed by atoms with van der Waals surface area (Å²) < 4.78 is 5.57. The highest BCUT2D eigenvalue weighted by Crippen LogP contribution is 2.16. The molecule has 2 N–H and O–H groups in total. The molecule has 100 valence electrons. The fourth-order valence-corrected chi connectivity index (χ4v) is 2.36. The van der Waals surface area contributed by atoms with E-state index in [1.807, 2.05) is 6.92 Å². The number of H-pyrrole nitrogens is 1. The maximum absolute atomic E-state index is 12.2. The largest absolute Gasteiger partial charge is 0.376 e. The lowest BCUT2D eigenvalue weighted by Gasteiger charge is -2.19. The van der Waals surface area contributed by atoms with Crippen molar-refractivity contribution >= 4 is 16.9 Å². The number of ether oxygens (including phenoxy) is 1. The van der Waals surface area contributed by atoms with Crippen LogP contribution >= 0.6 is 0 Å². The molecule has 1 fully saturated rings. The van der Waals surface area contributed by atoms with Gasteiger partial charge in [0.1, 0.15) is 11.0 Å². The third kappa shape index (κ3) is 2.44. The third-order valence-corrected chi connectivity index (χ3v) is 3.46. The molecule has 1 saturated heterocycles. The van der Waals surface area contributed by atoms with Crippen molar-refractivity contribution in [3.05, 3.63) is 23.8 Å². The van der Waals surface area contributed by atoms with Gasteiger partial charge in [-0.1, -0.05) is 0 Å². The van der Waals surface area contributed by atoms with Crippen LogP contribution in [0.2, 0.25) is 0 Å². The molecule has 0 spiro atoms. The van der Waals surface area contributed by atoms with Gasteiger partial charge in [0.05, 0.1) is 12.1 Å². The van der Waals surface area contributed by atoms with E-state index in [4.69, 9.17) is 4.74 Å². The van der Waals surface area contributed by atoms with Crippen LogP contribution in [0.1, 0.15) is 30.1 Å². The number of amides is 1. The highest BCUT2D eigenvalue weighted by atomic mass is 16.5. The van der Waals surface area contributed by atoms with E-state index in [2.05, 4.69) is 20.7 Å². The van der Waals surface area contributed by atoms with E-state index in [0.717, 1.165) is 25.0 Å². The first kappa shape index (κ1) is 12.1. The van der Waals surface area contributed by atoms with Gasteiger partial charge >= 0.3 is 0 Å². The molecule has 1 aliphatic rings. The van der Waals surface area contributed by atoms with Crippen molar-refractivity contribution in [2.45, 2.75) is 31.9 Å². The maximum atomic E-state index is 12.2. The molecule has 2 atom stereocenters. The van der Waals surface area contributed by atoms with Crippen LogP contribution in [0.15, 0.2) is 18.2 Å². The van der Waals surface area contributed by atoms with Gasteiger partial charge in [-0.2, -0.15) is 15.4 Å². The van der Waals surface area contributed by atoms with E-state index in [9.17, 15) is 4.79 Å². The highest BCUT2D eigenvalue weighted by molar-refractivity contribution is 5.97. The molecule has 1 aromatic carbocycles. The zero-order valence-electron chi connectivity index (χ0n) is 10.7. The number of nitrogens with zero attached hydrogens (tertiary/aromatic N) is 2. The maximum Gasteiger partial charge on any atom is 0.251 e. The van der Waals surface area contributed by atoms with Gasteiger partial charge in [-0.05, 0) is 38.0 Å². The summed E-state index contributed by atoms with van der Waals surface area (Å²) in [5.41, 5.74) is 2.03. The van der Waals surface area contributed by atoms with E-state index >= 15 is 0 Å². The van der Waals surface area contributed by atoms with Crippen LogP contribution in [0, 0.1) is 0 Å². The number of hydrogen-bond acceptors (Lipinski definition) is 4. The molecule has 0 saturated carbocycles. The molecule has 2 heterocycles. The number of carbonyl (C=O) groups is 1. The molecule has 3 rings (SSSR count). The summed E-state index contributed by atoms with van der Waals surface area (Å²) >= 11 is 0. The third-order valence-electron chi connectivity index (χ3n) is 3.46. The van der Waals surface area contributed by atoms with Crippen LogP contribution in [0.4, 0.5) is 0 Å². The Morgan fingerprint density at radius 3 is 3.11 bits per heavy atom. The highest BCUT2D eigenvalue weighted by Gasteiger charge is 2.24. The first-order valence-electron chi connectivity index (χ1n) is 6.47. The minimum absolute atomic E-state index is 0.0167. The molecule has 2 aromatic rings. The predicted molar refractivity (Wildman–Crippen MR) is 69.8 cm³/mol. The van der Waals surface area contributed by atoms with Crippen molar-refractivity contribution in [2.75, 3.05) is 6.61 Å². The summed E-state index contributed by atoms with van der Waals surface area (Å²) in [6.07, 6.45) is 2.19. The molecular formula is C13H16N4O2. The molecule has 6 nitrogen and oxygen atoms in total. The van der Waals surface area contributed by atoms with Crippen LogP contribution in [0.5, 0.6) is 0 Å². The van der Waals surface area contributed by atoms with Gasteiger partial charge in [-0.15, -0.1) is 0 Å². The van der Waals surface area contributed by atoms with Gasteiger partial charge in [-0.3, -0.25) is 4.79 Å². The number of fused-ring (bicyclic) bond motifs is 1. The monoisotopic (exact) mass is 260 g/mol. The van der Waals surface area contributed by atoms with Gasteiger partial charge in [-0.25, -0.2) is 0 Å². The Kier molecular flexibility index (Phi) is 3.16. The molecule has 1 amide bonds. The minimum atomic E-state index is -0.104.